The van der Waals surface area contributed by atoms with Crippen LogP contribution in [0.1, 0.15) is 16.7 Å². The number of nitrogens with zero attached hydrogens (tertiary/aromatic N) is 1. The van der Waals surface area contributed by atoms with Crippen molar-refractivity contribution in [1.29, 1.82) is 0 Å². The van der Waals surface area contributed by atoms with Gasteiger partial charge in [-0.1, -0.05) is 23.8 Å². The quantitative estimate of drug-likeness (QED) is 0.948. The Labute approximate surface area is 135 Å². The maximum absolute atomic E-state index is 12.0. The number of anilines is 1. The number of benzene rings is 2. The predicted molar refractivity (Wildman–Crippen MR) is 89.9 cm³/mol. The summed E-state index contributed by atoms with van der Waals surface area (Å²) < 4.78 is 10.7. The third-order valence-corrected chi connectivity index (χ3v) is 3.73. The molecule has 2 aromatic carbocycles. The number of fused-ring (bicyclic) bond motifs is 1. The third-order valence-electron chi connectivity index (χ3n) is 3.73. The Bertz CT molecular complexity index is 797. The number of nitrogens with one attached hydrogen (secondary N) is 1. The van der Waals surface area contributed by atoms with Crippen molar-refractivity contribution in [3.63, 3.8) is 0 Å². The van der Waals surface area contributed by atoms with Gasteiger partial charge in [0.15, 0.2) is 11.5 Å². The van der Waals surface area contributed by atoms with Crippen LogP contribution in [0.2, 0.25) is 0 Å². The zero-order chi connectivity index (χ0) is 16.4. The number of aryl methyl sites for hydroxylation is 1. The van der Waals surface area contributed by atoms with Crippen molar-refractivity contribution in [2.75, 3.05) is 26.1 Å². The highest BCUT2D eigenvalue weighted by molar-refractivity contribution is 6.19. The minimum absolute atomic E-state index is 0.0859. The van der Waals surface area contributed by atoms with Crippen LogP contribution in [0.4, 0.5) is 5.69 Å². The summed E-state index contributed by atoms with van der Waals surface area (Å²) in [5.41, 5.74) is 4.36. The first-order chi connectivity index (χ1) is 11.1. The molecule has 1 amide bonds. The van der Waals surface area contributed by atoms with E-state index in [9.17, 15) is 4.79 Å². The number of benzodiazepines with no additional fused rings is 1. The van der Waals surface area contributed by atoms with Crippen LogP contribution in [0.25, 0.3) is 0 Å². The minimum Gasteiger partial charge on any atom is -0.493 e. The number of aliphatic imine (C=N–C) groups is 1. The Morgan fingerprint density at radius 1 is 1.09 bits per heavy atom. The molecule has 1 aliphatic rings. The van der Waals surface area contributed by atoms with Crippen molar-refractivity contribution in [3.05, 3.63) is 53.1 Å². The normalized spacial score (nSPS) is 13.5. The van der Waals surface area contributed by atoms with Crippen LogP contribution in [-0.4, -0.2) is 32.4 Å². The summed E-state index contributed by atoms with van der Waals surface area (Å²) in [6.45, 7) is 2.11. The van der Waals surface area contributed by atoms with E-state index in [2.05, 4.69) is 16.4 Å². The fraction of sp³-hybridized carbons (Fsp3) is 0.222. The largest absolute Gasteiger partial charge is 0.493 e. The SMILES string of the molecule is COc1cc2c(cc1OC)C(c1cccc(C)c1)=NCC(=O)N2. The second-order valence-corrected chi connectivity index (χ2v) is 5.34. The van der Waals surface area contributed by atoms with Gasteiger partial charge in [0.2, 0.25) is 5.91 Å². The van der Waals surface area contributed by atoms with Crippen LogP contribution < -0.4 is 14.8 Å². The van der Waals surface area contributed by atoms with E-state index in [4.69, 9.17) is 9.47 Å². The van der Waals surface area contributed by atoms with Gasteiger partial charge in [-0.15, -0.1) is 0 Å². The lowest BCUT2D eigenvalue weighted by atomic mass is 9.98. The summed E-state index contributed by atoms with van der Waals surface area (Å²) in [6, 6.07) is 11.7. The number of carbonyl (C=O) groups is 1. The van der Waals surface area contributed by atoms with Gasteiger partial charge < -0.3 is 14.8 Å². The van der Waals surface area contributed by atoms with Gasteiger partial charge in [0, 0.05) is 17.2 Å². The number of ether oxygens (including phenoxy) is 2. The maximum Gasteiger partial charge on any atom is 0.246 e. The number of carbonyl (C=O) groups excluding carboxylic acids is 1. The topological polar surface area (TPSA) is 59.9 Å². The van der Waals surface area contributed by atoms with Crippen molar-refractivity contribution >= 4 is 17.3 Å². The first-order valence-electron chi connectivity index (χ1n) is 7.30. The van der Waals surface area contributed by atoms with E-state index < -0.39 is 0 Å². The van der Waals surface area contributed by atoms with Gasteiger partial charge in [0.1, 0.15) is 6.54 Å². The maximum atomic E-state index is 12.0. The number of amides is 1. The molecular formula is C18H18N2O3. The van der Waals surface area contributed by atoms with E-state index in [0.29, 0.717) is 17.2 Å². The Balaban J connectivity index is 2.21. The van der Waals surface area contributed by atoms with E-state index in [1.165, 1.54) is 0 Å². The number of hydrogen-bond acceptors (Lipinski definition) is 4. The lowest BCUT2D eigenvalue weighted by molar-refractivity contribution is -0.114. The first-order valence-corrected chi connectivity index (χ1v) is 7.30. The molecule has 1 N–H and O–H groups in total. The first kappa shape index (κ1) is 15.1. The number of rotatable bonds is 3. The van der Waals surface area contributed by atoms with Crippen LogP contribution in [0.3, 0.4) is 0 Å². The van der Waals surface area contributed by atoms with E-state index in [-0.39, 0.29) is 12.5 Å². The summed E-state index contributed by atoms with van der Waals surface area (Å²) in [5.74, 6) is 1.01. The smallest absolute Gasteiger partial charge is 0.246 e. The molecule has 3 rings (SSSR count). The zero-order valence-electron chi connectivity index (χ0n) is 13.3. The monoisotopic (exact) mass is 310 g/mol. The van der Waals surface area contributed by atoms with Crippen molar-refractivity contribution in [2.45, 2.75) is 6.92 Å². The van der Waals surface area contributed by atoms with Gasteiger partial charge in [-0.25, -0.2) is 0 Å². The number of methoxy groups -OCH3 is 2. The van der Waals surface area contributed by atoms with Crippen LogP contribution in [0.5, 0.6) is 11.5 Å². The molecule has 1 heterocycles. The van der Waals surface area contributed by atoms with Gasteiger partial charge in [-0.3, -0.25) is 9.79 Å². The summed E-state index contributed by atoms with van der Waals surface area (Å²) in [6.07, 6.45) is 0. The Morgan fingerprint density at radius 3 is 2.52 bits per heavy atom. The molecule has 1 aliphatic heterocycles. The average Bonchev–Trinajstić information content (AvgIpc) is 2.71. The van der Waals surface area contributed by atoms with Crippen molar-refractivity contribution in [1.82, 2.24) is 0 Å². The molecule has 118 valence electrons. The van der Waals surface area contributed by atoms with Crippen molar-refractivity contribution < 1.29 is 14.3 Å². The summed E-state index contributed by atoms with van der Waals surface area (Å²) in [4.78, 5) is 16.4. The molecule has 0 saturated carbocycles. The van der Waals surface area contributed by atoms with Crippen LogP contribution in [-0.2, 0) is 4.79 Å². The molecule has 0 spiro atoms. The highest BCUT2D eigenvalue weighted by Gasteiger charge is 2.21. The van der Waals surface area contributed by atoms with Gasteiger partial charge in [-0.05, 0) is 19.1 Å². The van der Waals surface area contributed by atoms with Gasteiger partial charge >= 0.3 is 0 Å². The molecule has 0 bridgehead atoms. The Morgan fingerprint density at radius 2 is 1.83 bits per heavy atom. The predicted octanol–water partition coefficient (Wildman–Crippen LogP) is 2.80. The van der Waals surface area contributed by atoms with Crippen LogP contribution in [0.15, 0.2) is 41.4 Å². The molecule has 0 unspecified atom stereocenters. The van der Waals surface area contributed by atoms with E-state index in [1.54, 1.807) is 20.3 Å². The minimum atomic E-state index is -0.152. The summed E-state index contributed by atoms with van der Waals surface area (Å²) in [7, 11) is 3.15. The fourth-order valence-corrected chi connectivity index (χ4v) is 2.64. The molecule has 5 heteroatoms. The molecule has 2 aromatic rings. The average molecular weight is 310 g/mol. The Kier molecular flexibility index (Phi) is 4.02. The van der Waals surface area contributed by atoms with E-state index >= 15 is 0 Å². The highest BCUT2D eigenvalue weighted by atomic mass is 16.5. The van der Waals surface area contributed by atoms with E-state index in [1.807, 2.05) is 31.2 Å². The standard InChI is InChI=1S/C18H18N2O3/c1-11-5-4-6-12(7-11)18-13-8-15(22-2)16(23-3)9-14(13)20-17(21)10-19-18/h4-9H,10H2,1-3H3,(H,20,21). The highest BCUT2D eigenvalue weighted by Crippen LogP contribution is 2.35. The summed E-state index contributed by atoms with van der Waals surface area (Å²) >= 11 is 0. The Hall–Kier alpha value is -2.82. The molecule has 5 nitrogen and oxygen atoms in total. The van der Waals surface area contributed by atoms with Crippen LogP contribution >= 0.6 is 0 Å². The molecule has 23 heavy (non-hydrogen) atoms. The lowest BCUT2D eigenvalue weighted by Crippen LogP contribution is -2.13. The zero-order valence-corrected chi connectivity index (χ0v) is 13.3. The van der Waals surface area contributed by atoms with Gasteiger partial charge in [0.25, 0.3) is 0 Å². The van der Waals surface area contributed by atoms with Crippen LogP contribution in [0, 0.1) is 6.92 Å². The summed E-state index contributed by atoms with van der Waals surface area (Å²) in [5, 5.41) is 2.87. The third kappa shape index (κ3) is 2.90. The molecule has 0 fully saturated rings. The van der Waals surface area contributed by atoms with Gasteiger partial charge in [-0.2, -0.15) is 0 Å². The molecule has 0 radical (unpaired) electrons. The molecule has 0 atom stereocenters. The second kappa shape index (κ2) is 6.12. The molecule has 0 saturated heterocycles. The number of hydrogen-bond donors (Lipinski definition) is 1. The van der Waals surface area contributed by atoms with Crippen molar-refractivity contribution in [3.8, 4) is 11.5 Å². The second-order valence-electron chi connectivity index (χ2n) is 5.34. The van der Waals surface area contributed by atoms with E-state index in [0.717, 1.165) is 22.4 Å². The van der Waals surface area contributed by atoms with Crippen molar-refractivity contribution in [2.24, 2.45) is 4.99 Å². The molecule has 0 aromatic heterocycles. The fourth-order valence-electron chi connectivity index (χ4n) is 2.64. The lowest BCUT2D eigenvalue weighted by Gasteiger charge is -2.15. The molecule has 0 aliphatic carbocycles. The molecular weight excluding hydrogens is 292 g/mol. The van der Waals surface area contributed by atoms with Gasteiger partial charge in [0.05, 0.1) is 25.6 Å².